The van der Waals surface area contributed by atoms with Gasteiger partial charge < -0.3 is 5.32 Å². The molecule has 15 heavy (non-hydrogen) atoms. The fraction of sp³-hybridized carbons (Fsp3) is 0.600. The number of thiazole rings is 1. The standard InChI is InChI=1S/C10H16N2OS2/c1-6(2)11-9(13)5-8-7(3)12-10(14-4)15-8/h6H,5H2,1-4H3,(H,11,13). The number of carbonyl (C=O) groups excluding carboxylic acids is 1. The molecule has 0 atom stereocenters. The minimum absolute atomic E-state index is 0.0735. The van der Waals surface area contributed by atoms with Gasteiger partial charge >= 0.3 is 0 Å². The lowest BCUT2D eigenvalue weighted by molar-refractivity contribution is -0.120. The Labute approximate surface area is 98.7 Å². The molecule has 0 unspecified atom stereocenters. The number of hydrogen-bond acceptors (Lipinski definition) is 4. The summed E-state index contributed by atoms with van der Waals surface area (Å²) in [5, 5.41) is 2.88. The second-order valence-corrected chi connectivity index (χ2v) is 5.73. The predicted molar refractivity (Wildman–Crippen MR) is 65.6 cm³/mol. The highest BCUT2D eigenvalue weighted by Crippen LogP contribution is 2.25. The highest BCUT2D eigenvalue weighted by Gasteiger charge is 2.11. The zero-order valence-corrected chi connectivity index (χ0v) is 11.1. The van der Waals surface area contributed by atoms with Gasteiger partial charge in [0.2, 0.25) is 5.91 Å². The van der Waals surface area contributed by atoms with Crippen LogP contribution in [0, 0.1) is 6.92 Å². The summed E-state index contributed by atoms with van der Waals surface area (Å²) < 4.78 is 1.03. The SMILES string of the molecule is CSc1nc(C)c(CC(=O)NC(C)C)s1. The molecule has 1 heterocycles. The van der Waals surface area contributed by atoms with Crippen molar-refractivity contribution in [2.24, 2.45) is 0 Å². The van der Waals surface area contributed by atoms with Crippen molar-refractivity contribution in [3.05, 3.63) is 10.6 Å². The van der Waals surface area contributed by atoms with Crippen molar-refractivity contribution in [3.8, 4) is 0 Å². The zero-order chi connectivity index (χ0) is 11.4. The number of thioether (sulfide) groups is 1. The van der Waals surface area contributed by atoms with E-state index in [-0.39, 0.29) is 11.9 Å². The first-order chi connectivity index (χ1) is 7.02. The fourth-order valence-corrected chi connectivity index (χ4v) is 2.82. The van der Waals surface area contributed by atoms with Crippen molar-refractivity contribution >= 4 is 29.0 Å². The second-order valence-electron chi connectivity index (χ2n) is 3.59. The molecule has 1 N–H and O–H groups in total. The molecule has 0 radical (unpaired) electrons. The Morgan fingerprint density at radius 3 is 2.73 bits per heavy atom. The molecular weight excluding hydrogens is 228 g/mol. The summed E-state index contributed by atoms with van der Waals surface area (Å²) >= 11 is 3.23. The van der Waals surface area contributed by atoms with E-state index in [9.17, 15) is 4.79 Å². The van der Waals surface area contributed by atoms with Crippen molar-refractivity contribution in [3.63, 3.8) is 0 Å². The van der Waals surface area contributed by atoms with E-state index in [4.69, 9.17) is 0 Å². The predicted octanol–water partition coefficient (Wildman–Crippen LogP) is 2.24. The van der Waals surface area contributed by atoms with Crippen LogP contribution in [-0.4, -0.2) is 23.2 Å². The van der Waals surface area contributed by atoms with E-state index >= 15 is 0 Å². The number of nitrogens with zero attached hydrogens (tertiary/aromatic N) is 1. The molecule has 1 amide bonds. The van der Waals surface area contributed by atoms with Crippen LogP contribution in [0.2, 0.25) is 0 Å². The van der Waals surface area contributed by atoms with Gasteiger partial charge in [-0.1, -0.05) is 11.8 Å². The van der Waals surface area contributed by atoms with Crippen LogP contribution in [0.25, 0.3) is 0 Å². The van der Waals surface area contributed by atoms with Gasteiger partial charge in [-0.15, -0.1) is 11.3 Å². The molecule has 0 fully saturated rings. The quantitative estimate of drug-likeness (QED) is 0.826. The summed E-state index contributed by atoms with van der Waals surface area (Å²) in [6, 6.07) is 0.200. The minimum Gasteiger partial charge on any atom is -0.354 e. The summed E-state index contributed by atoms with van der Waals surface area (Å²) in [6.45, 7) is 5.88. The Hall–Kier alpha value is -0.550. The van der Waals surface area contributed by atoms with Gasteiger partial charge in [-0.05, 0) is 27.0 Å². The lowest BCUT2D eigenvalue weighted by Gasteiger charge is -2.06. The van der Waals surface area contributed by atoms with Crippen LogP contribution in [0.15, 0.2) is 4.34 Å². The number of aromatic nitrogens is 1. The molecule has 0 saturated heterocycles. The van der Waals surface area contributed by atoms with Crippen molar-refractivity contribution in [1.82, 2.24) is 10.3 Å². The smallest absolute Gasteiger partial charge is 0.225 e. The van der Waals surface area contributed by atoms with E-state index in [0.29, 0.717) is 6.42 Å². The molecule has 0 aliphatic heterocycles. The largest absolute Gasteiger partial charge is 0.354 e. The topological polar surface area (TPSA) is 42.0 Å². The lowest BCUT2D eigenvalue weighted by Crippen LogP contribution is -2.31. The second kappa shape index (κ2) is 5.51. The van der Waals surface area contributed by atoms with Gasteiger partial charge in [0.15, 0.2) is 0 Å². The Bertz CT molecular complexity index is 347. The number of aryl methyl sites for hydroxylation is 1. The maximum Gasteiger partial charge on any atom is 0.225 e. The van der Waals surface area contributed by atoms with Gasteiger partial charge in [-0.25, -0.2) is 4.98 Å². The first-order valence-electron chi connectivity index (χ1n) is 4.82. The number of hydrogen-bond donors (Lipinski definition) is 1. The lowest BCUT2D eigenvalue weighted by atomic mass is 10.3. The molecular formula is C10H16N2OS2. The van der Waals surface area contributed by atoms with E-state index in [1.807, 2.05) is 27.0 Å². The third kappa shape index (κ3) is 3.83. The van der Waals surface area contributed by atoms with Crippen LogP contribution in [0.1, 0.15) is 24.4 Å². The maximum absolute atomic E-state index is 11.5. The van der Waals surface area contributed by atoms with Crippen LogP contribution in [0.4, 0.5) is 0 Å². The molecule has 0 bridgehead atoms. The van der Waals surface area contributed by atoms with Crippen LogP contribution < -0.4 is 5.32 Å². The first-order valence-corrected chi connectivity index (χ1v) is 6.86. The molecule has 0 saturated carbocycles. The summed E-state index contributed by atoms with van der Waals surface area (Å²) in [4.78, 5) is 17.0. The van der Waals surface area contributed by atoms with Crippen molar-refractivity contribution in [1.29, 1.82) is 0 Å². The maximum atomic E-state index is 11.5. The average molecular weight is 244 g/mol. The molecule has 3 nitrogen and oxygen atoms in total. The minimum atomic E-state index is 0.0735. The number of amides is 1. The molecule has 1 rings (SSSR count). The van der Waals surface area contributed by atoms with Crippen LogP contribution in [0.3, 0.4) is 0 Å². The monoisotopic (exact) mass is 244 g/mol. The molecule has 1 aromatic rings. The Morgan fingerprint density at radius 2 is 2.27 bits per heavy atom. The fourth-order valence-electron chi connectivity index (χ4n) is 1.17. The normalized spacial score (nSPS) is 10.7. The van der Waals surface area contributed by atoms with E-state index in [1.54, 1.807) is 23.1 Å². The summed E-state index contributed by atoms with van der Waals surface area (Å²) in [7, 11) is 0. The zero-order valence-electron chi connectivity index (χ0n) is 9.46. The first kappa shape index (κ1) is 12.5. The van der Waals surface area contributed by atoms with Crippen molar-refractivity contribution in [2.45, 2.75) is 37.6 Å². The van der Waals surface area contributed by atoms with Gasteiger partial charge in [0.25, 0.3) is 0 Å². The van der Waals surface area contributed by atoms with Crippen molar-refractivity contribution < 1.29 is 4.79 Å². The van der Waals surface area contributed by atoms with Gasteiger partial charge in [-0.2, -0.15) is 0 Å². The van der Waals surface area contributed by atoms with Crippen LogP contribution >= 0.6 is 23.1 Å². The molecule has 1 aromatic heterocycles. The summed E-state index contributed by atoms with van der Waals surface area (Å²) in [5.41, 5.74) is 0.975. The third-order valence-corrected chi connectivity index (χ3v) is 3.96. The Kier molecular flexibility index (Phi) is 4.60. The average Bonchev–Trinajstić information content (AvgIpc) is 2.46. The van der Waals surface area contributed by atoms with Gasteiger partial charge in [-0.3, -0.25) is 4.79 Å². The molecule has 84 valence electrons. The molecule has 0 aromatic carbocycles. The number of nitrogens with one attached hydrogen (secondary N) is 1. The molecule has 0 aliphatic rings. The number of rotatable bonds is 4. The number of carbonyl (C=O) groups is 1. The van der Waals surface area contributed by atoms with Crippen LogP contribution in [0.5, 0.6) is 0 Å². The van der Waals surface area contributed by atoms with Gasteiger partial charge in [0.05, 0.1) is 12.1 Å². The van der Waals surface area contributed by atoms with E-state index in [2.05, 4.69) is 10.3 Å². The van der Waals surface area contributed by atoms with E-state index in [0.717, 1.165) is 14.9 Å². The Balaban J connectivity index is 2.63. The van der Waals surface area contributed by atoms with Crippen LogP contribution in [-0.2, 0) is 11.2 Å². The molecule has 5 heteroatoms. The van der Waals surface area contributed by atoms with E-state index < -0.39 is 0 Å². The van der Waals surface area contributed by atoms with Gasteiger partial charge in [0, 0.05) is 10.9 Å². The van der Waals surface area contributed by atoms with Crippen molar-refractivity contribution in [2.75, 3.05) is 6.26 Å². The summed E-state index contributed by atoms with van der Waals surface area (Å²) in [6.07, 6.45) is 2.44. The van der Waals surface area contributed by atoms with E-state index in [1.165, 1.54) is 0 Å². The molecule has 0 spiro atoms. The Morgan fingerprint density at radius 1 is 1.60 bits per heavy atom. The third-order valence-electron chi connectivity index (χ3n) is 1.82. The summed E-state index contributed by atoms with van der Waals surface area (Å²) in [5.74, 6) is 0.0735. The highest BCUT2D eigenvalue weighted by atomic mass is 32.2. The van der Waals surface area contributed by atoms with Gasteiger partial charge in [0.1, 0.15) is 4.34 Å². The molecule has 0 aliphatic carbocycles. The highest BCUT2D eigenvalue weighted by molar-refractivity contribution is 8.00.